The van der Waals surface area contributed by atoms with E-state index in [2.05, 4.69) is 15.9 Å². The highest BCUT2D eigenvalue weighted by Gasteiger charge is 2.06. The van der Waals surface area contributed by atoms with Crippen LogP contribution in [0.4, 0.5) is 0 Å². The molecule has 0 aliphatic heterocycles. The van der Waals surface area contributed by atoms with E-state index in [1.54, 1.807) is 12.1 Å². The fraction of sp³-hybridized carbons (Fsp3) is 0.286. The first-order chi connectivity index (χ1) is 5.27. The van der Waals surface area contributed by atoms with Crippen molar-refractivity contribution in [3.63, 3.8) is 0 Å². The van der Waals surface area contributed by atoms with Gasteiger partial charge in [0.2, 0.25) is 0 Å². The van der Waals surface area contributed by atoms with Gasteiger partial charge in [-0.2, -0.15) is 0 Å². The van der Waals surface area contributed by atoms with Gasteiger partial charge in [0.05, 0.1) is 16.8 Å². The predicted molar refractivity (Wildman–Crippen MR) is 48.4 cm³/mol. The van der Waals surface area contributed by atoms with E-state index in [0.29, 0.717) is 10.2 Å². The molecule has 1 N–H and O–H groups in total. The average molecular weight is 235 g/mol. The number of ketones is 1. The van der Waals surface area contributed by atoms with Crippen LogP contribution in [0.1, 0.15) is 14.5 Å². The number of aliphatic hydroxyl groups is 1. The smallest absolute Gasteiger partial charge is 0.183 e. The third-order valence-electron chi connectivity index (χ3n) is 1.21. The molecule has 0 saturated heterocycles. The normalized spacial score (nSPS) is 10.0. The summed E-state index contributed by atoms with van der Waals surface area (Å²) in [6, 6.07) is 3.50. The summed E-state index contributed by atoms with van der Waals surface area (Å²) in [5.74, 6) is 0.0645. The molecule has 0 saturated carbocycles. The number of carbonyl (C=O) groups is 1. The Bertz CT molecular complexity index is 257. The Balaban J connectivity index is 2.80. The van der Waals surface area contributed by atoms with Crippen LogP contribution in [0.2, 0.25) is 0 Å². The molecule has 1 aromatic rings. The predicted octanol–water partition coefficient (Wildman–Crippen LogP) is 1.82. The van der Waals surface area contributed by atoms with Crippen LogP contribution in [0.25, 0.3) is 0 Å². The molecule has 0 aromatic carbocycles. The Morgan fingerprint density at radius 1 is 1.64 bits per heavy atom. The standard InChI is InChI=1S/C7H7BrO2S/c8-3-6(10)7-2-1-5(4-9)11-7/h1-2,9H,3-4H2. The molecule has 0 radical (unpaired) electrons. The molecule has 4 heteroatoms. The maximum Gasteiger partial charge on any atom is 0.183 e. The number of halogens is 1. The van der Waals surface area contributed by atoms with Crippen LogP contribution < -0.4 is 0 Å². The highest BCUT2D eigenvalue weighted by Crippen LogP contribution is 2.17. The average Bonchev–Trinajstić information content (AvgIpc) is 2.50. The first-order valence-corrected chi connectivity index (χ1v) is 5.00. The Morgan fingerprint density at radius 2 is 2.36 bits per heavy atom. The summed E-state index contributed by atoms with van der Waals surface area (Å²) in [7, 11) is 0. The molecule has 0 atom stereocenters. The van der Waals surface area contributed by atoms with Crippen molar-refractivity contribution in [3.05, 3.63) is 21.9 Å². The molecule has 0 unspecified atom stereocenters. The Morgan fingerprint density at radius 3 is 2.82 bits per heavy atom. The zero-order valence-corrected chi connectivity index (χ0v) is 8.11. The minimum absolute atomic E-state index is 0.0141. The zero-order chi connectivity index (χ0) is 8.27. The van der Waals surface area contributed by atoms with Crippen molar-refractivity contribution in [2.24, 2.45) is 0 Å². The van der Waals surface area contributed by atoms with Crippen molar-refractivity contribution in [2.75, 3.05) is 5.33 Å². The van der Waals surface area contributed by atoms with Gasteiger partial charge >= 0.3 is 0 Å². The molecule has 1 rings (SSSR count). The van der Waals surface area contributed by atoms with Gasteiger partial charge in [-0.25, -0.2) is 0 Å². The van der Waals surface area contributed by atoms with Gasteiger partial charge in [-0.15, -0.1) is 11.3 Å². The zero-order valence-electron chi connectivity index (χ0n) is 5.71. The first-order valence-electron chi connectivity index (χ1n) is 3.06. The van der Waals surface area contributed by atoms with Crippen LogP contribution in [-0.4, -0.2) is 16.2 Å². The van der Waals surface area contributed by atoms with Gasteiger partial charge in [-0.3, -0.25) is 4.79 Å². The van der Waals surface area contributed by atoms with Gasteiger partial charge in [0.15, 0.2) is 5.78 Å². The van der Waals surface area contributed by atoms with Crippen LogP contribution in [0, 0.1) is 0 Å². The molecule has 0 bridgehead atoms. The molecule has 0 aliphatic rings. The molecule has 0 fully saturated rings. The van der Waals surface area contributed by atoms with E-state index < -0.39 is 0 Å². The third-order valence-corrected chi connectivity index (χ3v) is 2.83. The summed E-state index contributed by atoms with van der Waals surface area (Å²) < 4.78 is 0. The Hall–Kier alpha value is -0.190. The van der Waals surface area contributed by atoms with Gasteiger partial charge in [0.25, 0.3) is 0 Å². The minimum Gasteiger partial charge on any atom is -0.391 e. The number of carbonyl (C=O) groups excluding carboxylic acids is 1. The molecule has 1 heterocycles. The summed E-state index contributed by atoms with van der Waals surface area (Å²) in [4.78, 5) is 12.6. The molecule has 60 valence electrons. The number of aliphatic hydroxyl groups excluding tert-OH is 1. The van der Waals surface area contributed by atoms with Gasteiger partial charge in [-0.1, -0.05) is 15.9 Å². The highest BCUT2D eigenvalue weighted by atomic mass is 79.9. The summed E-state index contributed by atoms with van der Waals surface area (Å²) in [6.07, 6.45) is 0. The lowest BCUT2D eigenvalue weighted by Gasteiger charge is -1.87. The van der Waals surface area contributed by atoms with E-state index in [1.165, 1.54) is 11.3 Å². The van der Waals surface area contributed by atoms with E-state index in [9.17, 15) is 4.79 Å². The lowest BCUT2D eigenvalue weighted by atomic mass is 10.3. The van der Waals surface area contributed by atoms with E-state index >= 15 is 0 Å². The van der Waals surface area contributed by atoms with E-state index in [0.717, 1.165) is 4.88 Å². The molecule has 0 amide bonds. The summed E-state index contributed by atoms with van der Waals surface area (Å²) in [5.41, 5.74) is 0. The van der Waals surface area contributed by atoms with Crippen LogP contribution >= 0.6 is 27.3 Å². The highest BCUT2D eigenvalue weighted by molar-refractivity contribution is 9.09. The number of rotatable bonds is 3. The van der Waals surface area contributed by atoms with Crippen molar-refractivity contribution in [1.82, 2.24) is 0 Å². The second-order valence-corrected chi connectivity index (χ2v) is 3.71. The van der Waals surface area contributed by atoms with E-state index in [-0.39, 0.29) is 12.4 Å². The van der Waals surface area contributed by atoms with Gasteiger partial charge in [-0.05, 0) is 12.1 Å². The molecule has 0 aliphatic carbocycles. The van der Waals surface area contributed by atoms with Crippen molar-refractivity contribution < 1.29 is 9.90 Å². The number of thiophene rings is 1. The van der Waals surface area contributed by atoms with Crippen molar-refractivity contribution in [1.29, 1.82) is 0 Å². The quantitative estimate of drug-likeness (QED) is 0.640. The van der Waals surface area contributed by atoms with Crippen molar-refractivity contribution in [3.8, 4) is 0 Å². The maximum absolute atomic E-state index is 11.0. The van der Waals surface area contributed by atoms with E-state index in [4.69, 9.17) is 5.11 Å². The lowest BCUT2D eigenvalue weighted by molar-refractivity contribution is 0.102. The number of alkyl halides is 1. The monoisotopic (exact) mass is 234 g/mol. The van der Waals surface area contributed by atoms with Crippen LogP contribution in [0.15, 0.2) is 12.1 Å². The summed E-state index contributed by atoms with van der Waals surface area (Å²) in [5, 5.41) is 9.04. The number of Topliss-reactive ketones (excluding diaryl/α,β-unsaturated/α-hetero) is 1. The van der Waals surface area contributed by atoms with Crippen molar-refractivity contribution >= 4 is 33.0 Å². The van der Waals surface area contributed by atoms with Crippen LogP contribution in [0.5, 0.6) is 0 Å². The van der Waals surface area contributed by atoms with Gasteiger partial charge in [0.1, 0.15) is 0 Å². The molecule has 0 spiro atoms. The third kappa shape index (κ3) is 2.12. The molecular weight excluding hydrogens is 228 g/mol. The van der Waals surface area contributed by atoms with E-state index in [1.807, 2.05) is 0 Å². The first kappa shape index (κ1) is 8.90. The van der Waals surface area contributed by atoms with Gasteiger partial charge in [0, 0.05) is 4.88 Å². The summed E-state index contributed by atoms with van der Waals surface area (Å²) in [6.45, 7) is 0.0141. The SMILES string of the molecule is O=C(CBr)c1ccc(CO)s1. The second-order valence-electron chi connectivity index (χ2n) is 1.98. The maximum atomic E-state index is 11.0. The fourth-order valence-electron chi connectivity index (χ4n) is 0.679. The van der Waals surface area contributed by atoms with Crippen molar-refractivity contribution in [2.45, 2.75) is 6.61 Å². The molecular formula is C7H7BrO2S. The number of hydrogen-bond acceptors (Lipinski definition) is 3. The molecule has 1 aromatic heterocycles. The lowest BCUT2D eigenvalue weighted by Crippen LogP contribution is -1.94. The largest absolute Gasteiger partial charge is 0.391 e. The van der Waals surface area contributed by atoms with Crippen LogP contribution in [-0.2, 0) is 6.61 Å². The summed E-state index contributed by atoms with van der Waals surface area (Å²) >= 11 is 4.41. The fourth-order valence-corrected chi connectivity index (χ4v) is 1.97. The van der Waals surface area contributed by atoms with Crippen LogP contribution in [0.3, 0.4) is 0 Å². The molecule has 2 nitrogen and oxygen atoms in total. The number of hydrogen-bond donors (Lipinski definition) is 1. The topological polar surface area (TPSA) is 37.3 Å². The second kappa shape index (κ2) is 3.99. The van der Waals surface area contributed by atoms with Gasteiger partial charge < -0.3 is 5.11 Å². The molecule has 11 heavy (non-hydrogen) atoms. The minimum atomic E-state index is 0.0141. The Kier molecular flexibility index (Phi) is 3.23. The Labute approximate surface area is 77.0 Å².